The molecule has 1 aliphatic heterocycles. The van der Waals surface area contributed by atoms with Crippen molar-refractivity contribution in [3.8, 4) is 11.5 Å². The van der Waals surface area contributed by atoms with Crippen molar-refractivity contribution in [1.82, 2.24) is 9.88 Å². The molecule has 1 aromatic carbocycles. The summed E-state index contributed by atoms with van der Waals surface area (Å²) in [7, 11) is 1.76. The van der Waals surface area contributed by atoms with Gasteiger partial charge in [-0.1, -0.05) is 33.9 Å². The number of amides is 1. The molecule has 0 atom stereocenters. The Morgan fingerprint density at radius 2 is 2.03 bits per heavy atom. The number of hydrogen-bond donors (Lipinski definition) is 2. The topological polar surface area (TPSA) is 120 Å². The van der Waals surface area contributed by atoms with Crippen LogP contribution in [0.25, 0.3) is 11.5 Å². The van der Waals surface area contributed by atoms with Crippen LogP contribution in [0.2, 0.25) is 0 Å². The molecular weight excluding hydrogens is 438 g/mol. The molecule has 1 spiro atoms. The highest BCUT2D eigenvalue weighted by Crippen LogP contribution is 2.44. The van der Waals surface area contributed by atoms with Gasteiger partial charge in [-0.3, -0.25) is 4.79 Å². The molecule has 2 aliphatic rings. The minimum atomic E-state index is -0.432. The van der Waals surface area contributed by atoms with Crippen molar-refractivity contribution in [3.05, 3.63) is 52.0 Å². The van der Waals surface area contributed by atoms with Crippen LogP contribution in [0.5, 0.6) is 0 Å². The van der Waals surface area contributed by atoms with Crippen LogP contribution in [0, 0.1) is 0 Å². The third kappa shape index (κ3) is 3.39. The highest BCUT2D eigenvalue weighted by atomic mass is 79.9. The van der Waals surface area contributed by atoms with Gasteiger partial charge in [-0.15, -0.1) is 0 Å². The molecule has 0 unspecified atom stereocenters. The predicted octanol–water partition coefficient (Wildman–Crippen LogP) is 2.89. The van der Waals surface area contributed by atoms with Crippen LogP contribution in [0.15, 0.2) is 55.8 Å². The number of nitrogens with two attached hydrogens (primary N) is 2. The number of likely N-dealkylation sites (N-methyl/N-ethyl adjacent to an activating group) is 1. The van der Waals surface area contributed by atoms with Gasteiger partial charge in [0.1, 0.15) is 17.5 Å². The number of benzene rings is 1. The molecule has 1 aromatic heterocycles. The van der Waals surface area contributed by atoms with Crippen LogP contribution < -0.4 is 11.5 Å². The Morgan fingerprint density at radius 3 is 2.72 bits per heavy atom. The van der Waals surface area contributed by atoms with Crippen molar-refractivity contribution < 1.29 is 14.0 Å². The number of halogens is 1. The summed E-state index contributed by atoms with van der Waals surface area (Å²) < 4.78 is 6.46. The molecule has 0 radical (unpaired) electrons. The molecule has 29 heavy (non-hydrogen) atoms. The third-order valence-electron chi connectivity index (χ3n) is 5.64. The fourth-order valence-corrected chi connectivity index (χ4v) is 4.28. The van der Waals surface area contributed by atoms with Gasteiger partial charge in [0.15, 0.2) is 12.4 Å². The maximum Gasteiger partial charge on any atom is 0.260 e. The highest BCUT2D eigenvalue weighted by molar-refractivity contribution is 9.10. The zero-order chi connectivity index (χ0) is 20.6. The SMILES string of the molecule is CN1C(=O)C(/C(N)=N/OCc2coc(-c3ccc(Br)cc3)n2)=C(N)C12CCCC2. The van der Waals surface area contributed by atoms with Crippen molar-refractivity contribution >= 4 is 27.7 Å². The van der Waals surface area contributed by atoms with Crippen LogP contribution in [0.3, 0.4) is 0 Å². The predicted molar refractivity (Wildman–Crippen MR) is 111 cm³/mol. The van der Waals surface area contributed by atoms with Crippen molar-refractivity contribution in [2.24, 2.45) is 16.6 Å². The van der Waals surface area contributed by atoms with Gasteiger partial charge in [0.2, 0.25) is 5.89 Å². The van der Waals surface area contributed by atoms with E-state index in [0.717, 1.165) is 35.7 Å². The smallest absolute Gasteiger partial charge is 0.260 e. The van der Waals surface area contributed by atoms with Gasteiger partial charge in [-0.05, 0) is 37.1 Å². The van der Waals surface area contributed by atoms with E-state index in [1.165, 1.54) is 6.26 Å². The Kier molecular flexibility index (Phi) is 5.08. The average molecular weight is 460 g/mol. The van der Waals surface area contributed by atoms with Crippen LogP contribution in [-0.4, -0.2) is 34.2 Å². The van der Waals surface area contributed by atoms with Crippen molar-refractivity contribution in [2.75, 3.05) is 7.05 Å². The number of rotatable bonds is 5. The summed E-state index contributed by atoms with van der Waals surface area (Å²) >= 11 is 3.39. The third-order valence-corrected chi connectivity index (χ3v) is 6.17. The number of hydrogen-bond acceptors (Lipinski definition) is 6. The van der Waals surface area contributed by atoms with Gasteiger partial charge in [0.05, 0.1) is 11.2 Å². The maximum atomic E-state index is 12.7. The average Bonchev–Trinajstić information content (AvgIpc) is 3.41. The Morgan fingerprint density at radius 1 is 1.34 bits per heavy atom. The first-order valence-electron chi connectivity index (χ1n) is 9.37. The second kappa shape index (κ2) is 7.55. The summed E-state index contributed by atoms with van der Waals surface area (Å²) in [5.74, 6) is 0.253. The Balaban J connectivity index is 1.45. The lowest BCUT2D eigenvalue weighted by Gasteiger charge is -2.33. The summed E-state index contributed by atoms with van der Waals surface area (Å²) in [5, 5.41) is 3.91. The molecule has 8 nitrogen and oxygen atoms in total. The van der Waals surface area contributed by atoms with Crippen molar-refractivity contribution in [3.63, 3.8) is 0 Å². The first kappa shape index (κ1) is 19.5. The zero-order valence-corrected chi connectivity index (χ0v) is 17.6. The molecule has 4 rings (SSSR count). The van der Waals surface area contributed by atoms with Crippen molar-refractivity contribution in [2.45, 2.75) is 37.8 Å². The van der Waals surface area contributed by atoms with E-state index in [1.807, 2.05) is 24.3 Å². The number of aromatic nitrogens is 1. The standard InChI is InChI=1S/C20H22BrN5O3/c1-26-19(27)15(16(22)20(26)8-2-3-9-20)17(23)25-29-11-14-10-28-18(24-14)12-4-6-13(21)7-5-12/h4-7,10H,2-3,8-9,11,22H2,1H3,(H2,23,25). The van der Waals surface area contributed by atoms with Gasteiger partial charge < -0.3 is 25.6 Å². The van der Waals surface area contributed by atoms with Crippen LogP contribution in [-0.2, 0) is 16.2 Å². The molecule has 1 aliphatic carbocycles. The maximum absolute atomic E-state index is 12.7. The largest absolute Gasteiger partial charge is 0.444 e. The number of carbonyl (C=O) groups excluding carboxylic acids is 1. The molecule has 9 heteroatoms. The minimum absolute atomic E-state index is 0.0141. The molecule has 2 heterocycles. The lowest BCUT2D eigenvalue weighted by molar-refractivity contribution is -0.127. The molecule has 1 saturated carbocycles. The monoisotopic (exact) mass is 459 g/mol. The van der Waals surface area contributed by atoms with E-state index in [1.54, 1.807) is 11.9 Å². The lowest BCUT2D eigenvalue weighted by atomic mass is 9.93. The van der Waals surface area contributed by atoms with E-state index < -0.39 is 5.54 Å². The Bertz CT molecular complexity index is 990. The number of carbonyl (C=O) groups is 1. The summed E-state index contributed by atoms with van der Waals surface area (Å²) in [6, 6.07) is 7.61. The number of oxime groups is 1. The molecule has 1 amide bonds. The van der Waals surface area contributed by atoms with Crippen LogP contribution in [0.1, 0.15) is 31.4 Å². The van der Waals surface area contributed by atoms with Gasteiger partial charge in [0.25, 0.3) is 5.91 Å². The van der Waals surface area contributed by atoms with Gasteiger partial charge in [-0.25, -0.2) is 4.98 Å². The molecular formula is C20H22BrN5O3. The zero-order valence-electron chi connectivity index (χ0n) is 16.0. The van der Waals surface area contributed by atoms with E-state index in [9.17, 15) is 4.79 Å². The van der Waals surface area contributed by atoms with Crippen LogP contribution in [0.4, 0.5) is 0 Å². The van der Waals surface area contributed by atoms with Crippen molar-refractivity contribution in [1.29, 1.82) is 0 Å². The Hall–Kier alpha value is -2.81. The fourth-order valence-electron chi connectivity index (χ4n) is 4.01. The number of oxazole rings is 1. The molecule has 4 N–H and O–H groups in total. The molecule has 0 saturated heterocycles. The van der Waals surface area contributed by atoms with Gasteiger partial charge >= 0.3 is 0 Å². The van der Waals surface area contributed by atoms with Gasteiger partial charge in [-0.2, -0.15) is 0 Å². The van der Waals surface area contributed by atoms with Crippen LogP contribution >= 0.6 is 15.9 Å². The van der Waals surface area contributed by atoms with E-state index in [-0.39, 0.29) is 23.9 Å². The first-order chi connectivity index (χ1) is 13.9. The number of amidine groups is 1. The normalized spacial score (nSPS) is 18.9. The summed E-state index contributed by atoms with van der Waals surface area (Å²) in [6.45, 7) is 0.0586. The van der Waals surface area contributed by atoms with Gasteiger partial charge in [0, 0.05) is 17.1 Å². The minimum Gasteiger partial charge on any atom is -0.444 e. The second-order valence-corrected chi connectivity index (χ2v) is 8.21. The summed E-state index contributed by atoms with van der Waals surface area (Å²) in [5.41, 5.74) is 14.1. The summed E-state index contributed by atoms with van der Waals surface area (Å²) in [6.07, 6.45) is 5.25. The Labute approximate surface area is 176 Å². The van der Waals surface area contributed by atoms with E-state index in [0.29, 0.717) is 17.3 Å². The van der Waals surface area contributed by atoms with E-state index in [2.05, 4.69) is 26.1 Å². The molecule has 152 valence electrons. The summed E-state index contributed by atoms with van der Waals surface area (Å²) in [4.78, 5) is 24.1. The second-order valence-electron chi connectivity index (χ2n) is 7.29. The lowest BCUT2D eigenvalue weighted by Crippen LogP contribution is -2.45. The number of nitrogens with zero attached hydrogens (tertiary/aromatic N) is 3. The van der Waals surface area contributed by atoms with E-state index in [4.69, 9.17) is 20.7 Å². The fraction of sp³-hybridized carbons (Fsp3) is 0.350. The highest BCUT2D eigenvalue weighted by Gasteiger charge is 2.51. The first-order valence-corrected chi connectivity index (χ1v) is 10.2. The van der Waals surface area contributed by atoms with E-state index >= 15 is 0 Å². The quantitative estimate of drug-likeness (QED) is 0.402. The molecule has 2 aromatic rings. The molecule has 1 fully saturated rings. The molecule has 0 bridgehead atoms.